The van der Waals surface area contributed by atoms with Crippen LogP contribution in [0.2, 0.25) is 5.02 Å². The highest BCUT2D eigenvalue weighted by Gasteiger charge is 2.21. The quantitative estimate of drug-likeness (QED) is 0.687. The molecule has 0 bridgehead atoms. The van der Waals surface area contributed by atoms with Crippen molar-refractivity contribution in [3.05, 3.63) is 61.2 Å². The first kappa shape index (κ1) is 17.6. The van der Waals surface area contributed by atoms with Gasteiger partial charge in [-0.2, -0.15) is 0 Å². The predicted molar refractivity (Wildman–Crippen MR) is 95.0 cm³/mol. The standard InChI is InChI=1S/C17H14ClFN2O3S/c1-7-9(3)25-16-13(7)15(22)20-14(21-16)8(2)24-17(23)11-6-10(18)4-5-12(11)19/h4-6,8H,1-3H3,(H,20,21,22)/t8-/m0/s1. The lowest BCUT2D eigenvalue weighted by Crippen LogP contribution is -2.17. The van der Waals surface area contributed by atoms with Crippen LogP contribution in [0.5, 0.6) is 0 Å². The van der Waals surface area contributed by atoms with Crippen molar-refractivity contribution in [1.29, 1.82) is 0 Å². The van der Waals surface area contributed by atoms with Crippen molar-refractivity contribution in [2.75, 3.05) is 0 Å². The molecule has 2 aromatic heterocycles. The largest absolute Gasteiger partial charge is 0.451 e. The molecule has 130 valence electrons. The van der Waals surface area contributed by atoms with Gasteiger partial charge in [-0.1, -0.05) is 11.6 Å². The van der Waals surface area contributed by atoms with Gasteiger partial charge in [0.05, 0.1) is 10.9 Å². The zero-order valence-corrected chi connectivity index (χ0v) is 15.2. The summed E-state index contributed by atoms with van der Waals surface area (Å²) in [5.74, 6) is -1.41. The van der Waals surface area contributed by atoms with Crippen LogP contribution >= 0.6 is 22.9 Å². The van der Waals surface area contributed by atoms with Crippen LogP contribution in [0, 0.1) is 19.7 Å². The van der Waals surface area contributed by atoms with Crippen LogP contribution in [-0.2, 0) is 4.74 Å². The zero-order chi connectivity index (χ0) is 18.3. The first-order valence-electron chi connectivity index (χ1n) is 7.44. The number of nitrogens with one attached hydrogen (secondary N) is 1. The molecule has 2 heterocycles. The number of ether oxygens (including phenoxy) is 1. The van der Waals surface area contributed by atoms with E-state index in [-0.39, 0.29) is 22.0 Å². The topological polar surface area (TPSA) is 72.0 Å². The maximum Gasteiger partial charge on any atom is 0.341 e. The number of benzene rings is 1. The maximum atomic E-state index is 13.8. The number of hydrogen-bond acceptors (Lipinski definition) is 5. The molecule has 3 aromatic rings. The van der Waals surface area contributed by atoms with Gasteiger partial charge in [-0.3, -0.25) is 4.79 Å². The van der Waals surface area contributed by atoms with Crippen LogP contribution in [-0.4, -0.2) is 15.9 Å². The normalized spacial score (nSPS) is 12.4. The molecule has 1 atom stereocenters. The molecule has 3 rings (SSSR count). The van der Waals surface area contributed by atoms with E-state index in [0.717, 1.165) is 16.5 Å². The molecule has 1 N–H and O–H groups in total. The van der Waals surface area contributed by atoms with Gasteiger partial charge in [-0.25, -0.2) is 14.2 Å². The molecule has 0 spiro atoms. The molecule has 5 nitrogen and oxygen atoms in total. The van der Waals surface area contributed by atoms with Gasteiger partial charge in [-0.05, 0) is 44.5 Å². The van der Waals surface area contributed by atoms with Crippen molar-refractivity contribution in [2.45, 2.75) is 26.9 Å². The summed E-state index contributed by atoms with van der Waals surface area (Å²) in [6.45, 7) is 5.32. The second-order valence-electron chi connectivity index (χ2n) is 5.59. The average Bonchev–Trinajstić information content (AvgIpc) is 2.84. The third-order valence-corrected chi connectivity index (χ3v) is 5.21. The molecule has 0 radical (unpaired) electrons. The van der Waals surface area contributed by atoms with Gasteiger partial charge < -0.3 is 9.72 Å². The van der Waals surface area contributed by atoms with E-state index in [9.17, 15) is 14.0 Å². The van der Waals surface area contributed by atoms with Crippen molar-refractivity contribution >= 4 is 39.1 Å². The molecule has 0 unspecified atom stereocenters. The average molecular weight is 381 g/mol. The van der Waals surface area contributed by atoms with Crippen molar-refractivity contribution in [3.63, 3.8) is 0 Å². The Labute approximate surface area is 151 Å². The van der Waals surface area contributed by atoms with Crippen LogP contribution in [0.3, 0.4) is 0 Å². The summed E-state index contributed by atoms with van der Waals surface area (Å²) in [7, 11) is 0. The second-order valence-corrected chi connectivity index (χ2v) is 7.23. The lowest BCUT2D eigenvalue weighted by molar-refractivity contribution is 0.0315. The lowest BCUT2D eigenvalue weighted by Gasteiger charge is -2.13. The van der Waals surface area contributed by atoms with Crippen molar-refractivity contribution < 1.29 is 13.9 Å². The summed E-state index contributed by atoms with van der Waals surface area (Å²) in [5, 5.41) is 0.754. The monoisotopic (exact) mass is 380 g/mol. The fourth-order valence-corrected chi connectivity index (χ4v) is 3.61. The summed E-state index contributed by atoms with van der Waals surface area (Å²) in [6, 6.07) is 3.62. The van der Waals surface area contributed by atoms with Gasteiger partial charge >= 0.3 is 5.97 Å². The first-order chi connectivity index (χ1) is 11.8. The Morgan fingerprint density at radius 1 is 1.40 bits per heavy atom. The van der Waals surface area contributed by atoms with Crippen LogP contribution < -0.4 is 5.56 Å². The van der Waals surface area contributed by atoms with E-state index in [4.69, 9.17) is 16.3 Å². The predicted octanol–water partition coefficient (Wildman–Crippen LogP) is 4.31. The molecule has 25 heavy (non-hydrogen) atoms. The van der Waals surface area contributed by atoms with Crippen LogP contribution in [0.1, 0.15) is 39.7 Å². The Balaban J connectivity index is 1.92. The molecular weight excluding hydrogens is 367 g/mol. The van der Waals surface area contributed by atoms with E-state index < -0.39 is 17.9 Å². The number of aromatic amines is 1. The Morgan fingerprint density at radius 3 is 2.84 bits per heavy atom. The Hall–Kier alpha value is -2.25. The zero-order valence-electron chi connectivity index (χ0n) is 13.6. The van der Waals surface area contributed by atoms with E-state index >= 15 is 0 Å². The number of nitrogens with zero attached hydrogens (tertiary/aromatic N) is 1. The highest BCUT2D eigenvalue weighted by Crippen LogP contribution is 2.27. The fourth-order valence-electron chi connectivity index (χ4n) is 2.40. The summed E-state index contributed by atoms with van der Waals surface area (Å²) in [6.07, 6.45) is -0.856. The number of hydrogen-bond donors (Lipinski definition) is 1. The van der Waals surface area contributed by atoms with Gasteiger partial charge in [0.25, 0.3) is 5.56 Å². The number of aromatic nitrogens is 2. The number of rotatable bonds is 3. The number of carbonyl (C=O) groups excluding carboxylic acids is 1. The number of carbonyl (C=O) groups is 1. The van der Waals surface area contributed by atoms with Gasteiger partial charge in [0, 0.05) is 9.90 Å². The number of esters is 1. The molecule has 0 aliphatic carbocycles. The smallest absolute Gasteiger partial charge is 0.341 e. The van der Waals surface area contributed by atoms with Gasteiger partial charge in [-0.15, -0.1) is 11.3 Å². The number of halogens is 2. The summed E-state index contributed by atoms with van der Waals surface area (Å²) < 4.78 is 19.0. The molecule has 0 aliphatic heterocycles. The number of thiophene rings is 1. The van der Waals surface area contributed by atoms with Crippen molar-refractivity contribution in [2.24, 2.45) is 0 Å². The molecule has 0 aliphatic rings. The molecule has 0 saturated heterocycles. The maximum absolute atomic E-state index is 13.8. The van der Waals surface area contributed by atoms with Gasteiger partial charge in [0.1, 0.15) is 10.6 Å². The third kappa shape index (κ3) is 3.29. The molecule has 0 saturated carbocycles. The van der Waals surface area contributed by atoms with Gasteiger partial charge in [0.15, 0.2) is 11.9 Å². The highest BCUT2D eigenvalue weighted by atomic mass is 35.5. The molecule has 0 fully saturated rings. The Kier molecular flexibility index (Phi) is 4.62. The first-order valence-corrected chi connectivity index (χ1v) is 8.63. The van der Waals surface area contributed by atoms with E-state index in [2.05, 4.69) is 9.97 Å². The lowest BCUT2D eigenvalue weighted by atomic mass is 10.2. The van der Waals surface area contributed by atoms with E-state index in [0.29, 0.717) is 10.2 Å². The second kappa shape index (κ2) is 6.57. The number of fused-ring (bicyclic) bond motifs is 1. The van der Waals surface area contributed by atoms with Crippen molar-refractivity contribution in [3.8, 4) is 0 Å². The minimum atomic E-state index is -0.881. The van der Waals surface area contributed by atoms with E-state index in [1.165, 1.54) is 23.5 Å². The highest BCUT2D eigenvalue weighted by molar-refractivity contribution is 7.18. The summed E-state index contributed by atoms with van der Waals surface area (Å²) in [4.78, 5) is 33.0. The minimum absolute atomic E-state index is 0.203. The fraction of sp³-hybridized carbons (Fsp3) is 0.235. The molecule has 1 aromatic carbocycles. The Morgan fingerprint density at radius 2 is 2.12 bits per heavy atom. The van der Waals surface area contributed by atoms with E-state index in [1.807, 2.05) is 13.8 Å². The third-order valence-electron chi connectivity index (χ3n) is 3.87. The number of H-pyrrole nitrogens is 1. The summed E-state index contributed by atoms with van der Waals surface area (Å²) in [5.41, 5.74) is 0.315. The molecular formula is C17H14ClFN2O3S. The van der Waals surface area contributed by atoms with Crippen LogP contribution in [0.25, 0.3) is 10.2 Å². The molecule has 0 amide bonds. The minimum Gasteiger partial charge on any atom is -0.451 e. The molecule has 8 heteroatoms. The van der Waals surface area contributed by atoms with E-state index in [1.54, 1.807) is 6.92 Å². The number of aryl methyl sites for hydroxylation is 2. The van der Waals surface area contributed by atoms with Crippen LogP contribution in [0.4, 0.5) is 4.39 Å². The van der Waals surface area contributed by atoms with Crippen LogP contribution in [0.15, 0.2) is 23.0 Å². The van der Waals surface area contributed by atoms with Crippen molar-refractivity contribution in [1.82, 2.24) is 9.97 Å². The Bertz CT molecular complexity index is 1040. The SMILES string of the molecule is Cc1sc2nc([C@H](C)OC(=O)c3cc(Cl)ccc3F)[nH]c(=O)c2c1C. The summed E-state index contributed by atoms with van der Waals surface area (Å²) >= 11 is 7.18. The van der Waals surface area contributed by atoms with Gasteiger partial charge in [0.2, 0.25) is 0 Å².